The van der Waals surface area contributed by atoms with Gasteiger partial charge in [-0.25, -0.2) is 5.48 Å². The molecule has 1 fully saturated rings. The molecule has 4 N–H and O–H groups in total. The molecule has 6 heteroatoms. The SMILES string of the molecule is Cc1cccc(CCC2(C)CCN(C(CCCCN)C(=O)NO)C2=O)c1. The van der Waals surface area contributed by atoms with Gasteiger partial charge in [-0.3, -0.25) is 14.8 Å². The summed E-state index contributed by atoms with van der Waals surface area (Å²) in [4.78, 5) is 26.8. The Morgan fingerprint density at radius 2 is 2.19 bits per heavy atom. The number of hydroxylamine groups is 1. The Morgan fingerprint density at radius 3 is 2.85 bits per heavy atom. The number of carbonyl (C=O) groups is 2. The Morgan fingerprint density at radius 1 is 1.42 bits per heavy atom. The first-order valence-electron chi connectivity index (χ1n) is 9.42. The van der Waals surface area contributed by atoms with E-state index in [1.54, 1.807) is 10.4 Å². The van der Waals surface area contributed by atoms with Gasteiger partial charge in [-0.1, -0.05) is 36.8 Å². The third-order valence-corrected chi connectivity index (χ3v) is 5.45. The van der Waals surface area contributed by atoms with Crippen molar-refractivity contribution >= 4 is 11.8 Å². The molecular formula is C20H31N3O3. The molecule has 0 bridgehead atoms. The fraction of sp³-hybridized carbons (Fsp3) is 0.600. The number of nitrogens with one attached hydrogen (secondary N) is 1. The monoisotopic (exact) mass is 361 g/mol. The van der Waals surface area contributed by atoms with Crippen molar-refractivity contribution in [1.82, 2.24) is 10.4 Å². The number of unbranched alkanes of at least 4 members (excludes halogenated alkanes) is 1. The number of amides is 2. The molecule has 26 heavy (non-hydrogen) atoms. The Labute approximate surface area is 155 Å². The van der Waals surface area contributed by atoms with E-state index in [2.05, 4.69) is 25.1 Å². The lowest BCUT2D eigenvalue weighted by molar-refractivity contribution is -0.146. The van der Waals surface area contributed by atoms with Gasteiger partial charge in [0, 0.05) is 12.0 Å². The van der Waals surface area contributed by atoms with Crippen molar-refractivity contribution in [2.75, 3.05) is 13.1 Å². The molecule has 0 spiro atoms. The summed E-state index contributed by atoms with van der Waals surface area (Å²) in [5.41, 5.74) is 9.21. The molecule has 1 aromatic rings. The number of aryl methyl sites for hydroxylation is 2. The van der Waals surface area contributed by atoms with Crippen molar-refractivity contribution in [3.05, 3.63) is 35.4 Å². The van der Waals surface area contributed by atoms with Crippen LogP contribution in [0, 0.1) is 12.3 Å². The zero-order valence-corrected chi connectivity index (χ0v) is 15.8. The van der Waals surface area contributed by atoms with Crippen LogP contribution in [-0.2, 0) is 16.0 Å². The maximum Gasteiger partial charge on any atom is 0.266 e. The molecule has 144 valence electrons. The van der Waals surface area contributed by atoms with Crippen molar-refractivity contribution in [3.8, 4) is 0 Å². The van der Waals surface area contributed by atoms with Crippen LogP contribution < -0.4 is 11.2 Å². The predicted octanol–water partition coefficient (Wildman–Crippen LogP) is 2.17. The average Bonchev–Trinajstić information content (AvgIpc) is 2.92. The van der Waals surface area contributed by atoms with Crippen molar-refractivity contribution in [2.45, 2.75) is 58.4 Å². The summed E-state index contributed by atoms with van der Waals surface area (Å²) in [7, 11) is 0. The zero-order valence-electron chi connectivity index (χ0n) is 15.8. The van der Waals surface area contributed by atoms with Crippen molar-refractivity contribution in [2.24, 2.45) is 11.1 Å². The highest BCUT2D eigenvalue weighted by Crippen LogP contribution is 2.37. The first-order chi connectivity index (χ1) is 12.4. The van der Waals surface area contributed by atoms with Gasteiger partial charge in [0.25, 0.3) is 5.91 Å². The Bertz CT molecular complexity index is 634. The smallest absolute Gasteiger partial charge is 0.266 e. The first kappa shape index (κ1) is 20.4. The van der Waals surface area contributed by atoms with E-state index in [-0.39, 0.29) is 5.91 Å². The lowest BCUT2D eigenvalue weighted by Crippen LogP contribution is -2.48. The minimum atomic E-state index is -0.625. The van der Waals surface area contributed by atoms with E-state index >= 15 is 0 Å². The van der Waals surface area contributed by atoms with Crippen LogP contribution in [0.25, 0.3) is 0 Å². The number of nitrogens with two attached hydrogens (primary N) is 1. The van der Waals surface area contributed by atoms with E-state index in [9.17, 15) is 9.59 Å². The average molecular weight is 361 g/mol. The van der Waals surface area contributed by atoms with Gasteiger partial charge in [-0.15, -0.1) is 0 Å². The van der Waals surface area contributed by atoms with Crippen LogP contribution in [0.5, 0.6) is 0 Å². The number of hydrogen-bond acceptors (Lipinski definition) is 4. The van der Waals surface area contributed by atoms with Crippen LogP contribution in [0.2, 0.25) is 0 Å². The van der Waals surface area contributed by atoms with Crippen molar-refractivity contribution in [3.63, 3.8) is 0 Å². The fourth-order valence-electron chi connectivity index (χ4n) is 3.72. The molecule has 6 nitrogen and oxygen atoms in total. The van der Waals surface area contributed by atoms with Gasteiger partial charge < -0.3 is 10.6 Å². The van der Waals surface area contributed by atoms with Gasteiger partial charge in [0.1, 0.15) is 6.04 Å². The molecule has 1 saturated heterocycles. The second kappa shape index (κ2) is 9.14. The summed E-state index contributed by atoms with van der Waals surface area (Å²) in [6.07, 6.45) is 4.37. The Kier molecular flexibility index (Phi) is 7.17. The summed E-state index contributed by atoms with van der Waals surface area (Å²) < 4.78 is 0. The van der Waals surface area contributed by atoms with E-state index in [1.807, 2.05) is 13.0 Å². The topological polar surface area (TPSA) is 95.7 Å². The summed E-state index contributed by atoms with van der Waals surface area (Å²) in [6.45, 7) is 5.14. The highest BCUT2D eigenvalue weighted by molar-refractivity contribution is 5.91. The van der Waals surface area contributed by atoms with E-state index < -0.39 is 17.4 Å². The van der Waals surface area contributed by atoms with E-state index in [0.717, 1.165) is 32.1 Å². The molecule has 1 aliphatic rings. The van der Waals surface area contributed by atoms with Crippen molar-refractivity contribution < 1.29 is 14.8 Å². The quantitative estimate of drug-likeness (QED) is 0.357. The fourth-order valence-corrected chi connectivity index (χ4v) is 3.72. The van der Waals surface area contributed by atoms with Crippen LogP contribution in [0.4, 0.5) is 0 Å². The highest BCUT2D eigenvalue weighted by Gasteiger charge is 2.46. The minimum absolute atomic E-state index is 0.00602. The van der Waals surface area contributed by atoms with Gasteiger partial charge in [-0.2, -0.15) is 0 Å². The lowest BCUT2D eigenvalue weighted by atomic mass is 9.82. The standard InChI is InChI=1S/C20H31N3O3/c1-15-6-5-7-16(14-15)9-10-20(2)11-13-23(19(20)25)17(18(24)22-26)8-3-4-12-21/h5-7,14,17,26H,3-4,8-13,21H2,1-2H3,(H,22,24). The molecule has 2 atom stereocenters. The van der Waals surface area contributed by atoms with E-state index in [4.69, 9.17) is 10.9 Å². The molecule has 1 heterocycles. The molecule has 2 rings (SSSR count). The number of hydrogen-bond donors (Lipinski definition) is 3. The second-order valence-electron chi connectivity index (χ2n) is 7.57. The molecule has 0 aromatic heterocycles. The molecule has 2 amide bonds. The van der Waals surface area contributed by atoms with E-state index in [1.165, 1.54) is 11.1 Å². The minimum Gasteiger partial charge on any atom is -0.330 e. The predicted molar refractivity (Wildman–Crippen MR) is 101 cm³/mol. The van der Waals surface area contributed by atoms with Crippen LogP contribution in [-0.4, -0.2) is 41.1 Å². The largest absolute Gasteiger partial charge is 0.330 e. The maximum atomic E-state index is 13.0. The van der Waals surface area contributed by atoms with Gasteiger partial charge in [0.2, 0.25) is 5.91 Å². The summed E-state index contributed by atoms with van der Waals surface area (Å²) in [5.74, 6) is -0.509. The summed E-state index contributed by atoms with van der Waals surface area (Å²) >= 11 is 0. The Hall–Kier alpha value is -1.92. The highest BCUT2D eigenvalue weighted by atomic mass is 16.5. The summed E-state index contributed by atoms with van der Waals surface area (Å²) in [6, 6.07) is 7.71. The molecule has 2 unspecified atom stereocenters. The number of nitrogens with zero attached hydrogens (tertiary/aromatic N) is 1. The van der Waals surface area contributed by atoms with Crippen LogP contribution in [0.15, 0.2) is 24.3 Å². The third kappa shape index (κ3) is 4.83. The maximum absolute atomic E-state index is 13.0. The van der Waals surface area contributed by atoms with Crippen LogP contribution in [0.1, 0.15) is 50.2 Å². The molecule has 0 saturated carbocycles. The molecular weight excluding hydrogens is 330 g/mol. The molecule has 0 radical (unpaired) electrons. The first-order valence-corrected chi connectivity index (χ1v) is 9.42. The van der Waals surface area contributed by atoms with Crippen molar-refractivity contribution in [1.29, 1.82) is 0 Å². The van der Waals surface area contributed by atoms with Gasteiger partial charge in [0.05, 0.1) is 0 Å². The lowest BCUT2D eigenvalue weighted by Gasteiger charge is -2.29. The molecule has 0 aliphatic carbocycles. The number of carbonyl (C=O) groups excluding carboxylic acids is 2. The third-order valence-electron chi connectivity index (χ3n) is 5.45. The zero-order chi connectivity index (χ0) is 19.2. The number of rotatable bonds is 9. The van der Waals surface area contributed by atoms with Crippen LogP contribution in [0.3, 0.4) is 0 Å². The van der Waals surface area contributed by atoms with Gasteiger partial charge >= 0.3 is 0 Å². The molecule has 1 aromatic carbocycles. The van der Waals surface area contributed by atoms with Gasteiger partial charge in [-0.05, 0) is 57.6 Å². The Balaban J connectivity index is 2.04. The molecule has 1 aliphatic heterocycles. The second-order valence-corrected chi connectivity index (χ2v) is 7.57. The van der Waals surface area contributed by atoms with E-state index in [0.29, 0.717) is 19.5 Å². The van der Waals surface area contributed by atoms with Gasteiger partial charge in [0.15, 0.2) is 0 Å². The summed E-state index contributed by atoms with van der Waals surface area (Å²) in [5, 5.41) is 9.05. The number of likely N-dealkylation sites (tertiary alicyclic amines) is 1. The normalized spacial score (nSPS) is 21.1. The van der Waals surface area contributed by atoms with Crippen LogP contribution >= 0.6 is 0 Å². The number of benzene rings is 1.